The number of hydrogen-bond acceptors (Lipinski definition) is 10. The average Bonchev–Trinajstić information content (AvgIpc) is 2.58. The van der Waals surface area contributed by atoms with Crippen LogP contribution in [0.4, 0.5) is 17.6 Å². The van der Waals surface area contributed by atoms with Gasteiger partial charge in [-0.1, -0.05) is 0 Å². The van der Waals surface area contributed by atoms with Crippen molar-refractivity contribution in [2.75, 3.05) is 10.6 Å². The number of halogens is 1. The summed E-state index contributed by atoms with van der Waals surface area (Å²) in [4.78, 5) is 12.1. The molecule has 10 nitrogen and oxygen atoms in total. The smallest absolute Gasteiger partial charge is 0.744 e. The summed E-state index contributed by atoms with van der Waals surface area (Å²) in [6.07, 6.45) is 1.31. The van der Waals surface area contributed by atoms with E-state index in [9.17, 15) is 18.2 Å². The first kappa shape index (κ1) is 26.2. The Hall–Kier alpha value is -1.05. The Kier molecular flexibility index (Phi) is 7.98. The van der Waals surface area contributed by atoms with E-state index in [4.69, 9.17) is 11.6 Å². The monoisotopic (exact) mass is 478 g/mol. The minimum atomic E-state index is -4.52. The van der Waals surface area contributed by atoms with E-state index in [1.807, 2.05) is 27.7 Å². The molecule has 0 unspecified atom stereocenters. The first-order valence-corrected chi connectivity index (χ1v) is 11.1. The maximum absolute atomic E-state index is 11.0. The van der Waals surface area contributed by atoms with E-state index >= 15 is 0 Å². The van der Waals surface area contributed by atoms with Gasteiger partial charge in [0.15, 0.2) is 0 Å². The number of anilines is 3. The van der Waals surface area contributed by atoms with Gasteiger partial charge < -0.3 is 20.4 Å². The van der Waals surface area contributed by atoms with Crippen molar-refractivity contribution in [1.82, 2.24) is 20.0 Å². The minimum absolute atomic E-state index is 0. The molecule has 2 aromatic rings. The third kappa shape index (κ3) is 6.48. The predicted octanol–water partition coefficient (Wildman–Crippen LogP) is -0.000600. The molecule has 164 valence electrons. The SMILES string of the molecule is CC1(C)CC(Nc2nc(Cl)nc(Nc3ccc(S(=O)(=O)[O-])cc3)n2)CC(C)(C)N1O.[Na+]. The van der Waals surface area contributed by atoms with Crippen LogP contribution in [0.15, 0.2) is 29.2 Å². The molecule has 0 bridgehead atoms. The Morgan fingerprint density at radius 1 is 1.06 bits per heavy atom. The summed E-state index contributed by atoms with van der Waals surface area (Å²) in [6.45, 7) is 7.84. The Balaban J connectivity index is 0.00000341. The largest absolute Gasteiger partial charge is 1.00 e. The molecule has 2 heterocycles. The van der Waals surface area contributed by atoms with Crippen molar-refractivity contribution in [3.8, 4) is 0 Å². The maximum atomic E-state index is 11.0. The van der Waals surface area contributed by atoms with Gasteiger partial charge in [-0.15, -0.1) is 0 Å². The van der Waals surface area contributed by atoms with Crippen molar-refractivity contribution < 1.29 is 47.7 Å². The summed E-state index contributed by atoms with van der Waals surface area (Å²) in [5.74, 6) is 0.438. The van der Waals surface area contributed by atoms with E-state index in [2.05, 4.69) is 25.6 Å². The van der Waals surface area contributed by atoms with Gasteiger partial charge in [-0.25, -0.2) is 8.42 Å². The Labute approximate surface area is 208 Å². The first-order chi connectivity index (χ1) is 13.8. The predicted molar refractivity (Wildman–Crippen MR) is 111 cm³/mol. The van der Waals surface area contributed by atoms with Gasteiger partial charge in [-0.3, -0.25) is 0 Å². The van der Waals surface area contributed by atoms with Crippen LogP contribution in [-0.2, 0) is 10.1 Å². The molecule has 0 aliphatic carbocycles. The van der Waals surface area contributed by atoms with Crippen LogP contribution < -0.4 is 40.2 Å². The van der Waals surface area contributed by atoms with Crippen LogP contribution in [-0.4, -0.2) is 55.3 Å². The molecular weight excluding hydrogens is 455 g/mol. The second kappa shape index (κ2) is 9.44. The van der Waals surface area contributed by atoms with E-state index in [1.54, 1.807) is 0 Å². The molecule has 1 aliphatic heterocycles. The van der Waals surface area contributed by atoms with Gasteiger partial charge in [0, 0.05) is 22.8 Å². The van der Waals surface area contributed by atoms with Gasteiger partial charge >= 0.3 is 29.6 Å². The summed E-state index contributed by atoms with van der Waals surface area (Å²) in [5, 5.41) is 18.0. The molecule has 1 saturated heterocycles. The van der Waals surface area contributed by atoms with E-state index in [-0.39, 0.29) is 57.7 Å². The van der Waals surface area contributed by atoms with Crippen molar-refractivity contribution in [3.63, 3.8) is 0 Å². The van der Waals surface area contributed by atoms with Gasteiger partial charge in [-0.2, -0.15) is 20.0 Å². The number of piperidine rings is 1. The molecule has 0 radical (unpaired) electrons. The van der Waals surface area contributed by atoms with Crippen LogP contribution in [0.1, 0.15) is 40.5 Å². The van der Waals surface area contributed by atoms with Gasteiger partial charge in [0.2, 0.25) is 17.2 Å². The fourth-order valence-electron chi connectivity index (χ4n) is 3.86. The van der Waals surface area contributed by atoms with Crippen molar-refractivity contribution in [3.05, 3.63) is 29.5 Å². The van der Waals surface area contributed by atoms with E-state index in [0.29, 0.717) is 18.5 Å². The second-order valence-electron chi connectivity index (χ2n) is 8.54. The molecular formula is C18H24ClN6NaO4S. The Bertz CT molecular complexity index is 1020. The number of nitrogens with one attached hydrogen (secondary N) is 2. The molecule has 1 fully saturated rings. The number of rotatable bonds is 5. The molecule has 0 saturated carbocycles. The van der Waals surface area contributed by atoms with Crippen molar-refractivity contribution in [2.24, 2.45) is 0 Å². The van der Waals surface area contributed by atoms with Crippen molar-refractivity contribution >= 4 is 39.3 Å². The van der Waals surface area contributed by atoms with Crippen LogP contribution in [0.5, 0.6) is 0 Å². The normalized spacial score (nSPS) is 18.8. The summed E-state index contributed by atoms with van der Waals surface area (Å²) in [5.41, 5.74) is -0.409. The summed E-state index contributed by atoms with van der Waals surface area (Å²) in [6, 6.07) is 5.24. The van der Waals surface area contributed by atoms with E-state index < -0.39 is 21.2 Å². The van der Waals surface area contributed by atoms with Crippen LogP contribution in [0.25, 0.3) is 0 Å². The fraction of sp³-hybridized carbons (Fsp3) is 0.500. The van der Waals surface area contributed by atoms with Crippen molar-refractivity contribution in [1.29, 1.82) is 0 Å². The molecule has 0 atom stereocenters. The molecule has 1 aliphatic rings. The fourth-order valence-corrected chi connectivity index (χ4v) is 4.49. The maximum Gasteiger partial charge on any atom is 1.00 e. The van der Waals surface area contributed by atoms with Crippen LogP contribution >= 0.6 is 11.6 Å². The number of nitrogens with zero attached hydrogens (tertiary/aromatic N) is 4. The first-order valence-electron chi connectivity index (χ1n) is 9.27. The molecule has 0 amide bonds. The zero-order valence-electron chi connectivity index (χ0n) is 18.0. The third-order valence-corrected chi connectivity index (χ3v) is 6.00. The van der Waals surface area contributed by atoms with E-state index in [0.717, 1.165) is 0 Å². The second-order valence-corrected chi connectivity index (χ2v) is 10.3. The summed E-state index contributed by atoms with van der Waals surface area (Å²) >= 11 is 6.04. The molecule has 3 rings (SSSR count). The third-order valence-electron chi connectivity index (χ3n) is 4.98. The molecule has 3 N–H and O–H groups in total. The Morgan fingerprint density at radius 3 is 2.10 bits per heavy atom. The van der Waals surface area contributed by atoms with Crippen LogP contribution in [0.3, 0.4) is 0 Å². The van der Waals surface area contributed by atoms with Gasteiger partial charge in [0.05, 0.1) is 4.90 Å². The molecule has 1 aromatic heterocycles. The molecule has 0 spiro atoms. The Morgan fingerprint density at radius 2 is 1.58 bits per heavy atom. The van der Waals surface area contributed by atoms with Gasteiger partial charge in [0.25, 0.3) is 0 Å². The summed E-state index contributed by atoms with van der Waals surface area (Å²) < 4.78 is 33.1. The molecule has 31 heavy (non-hydrogen) atoms. The molecule has 13 heteroatoms. The van der Waals surface area contributed by atoms with Gasteiger partial charge in [-0.05, 0) is 76.4 Å². The van der Waals surface area contributed by atoms with E-state index in [1.165, 1.54) is 29.3 Å². The van der Waals surface area contributed by atoms with Crippen molar-refractivity contribution in [2.45, 2.75) is 62.6 Å². The number of benzene rings is 1. The number of aromatic nitrogens is 3. The standard InChI is InChI=1S/C18H25ClN6O4S.Na/c1-17(2)9-12(10-18(3,4)25(17)26)21-16-23-14(19)22-15(24-16)20-11-5-7-13(8-6-11)30(27,28)29;/h5-8,12,26H,9-10H2,1-4H3,(H,27,28,29)(H2,20,21,22,23,24);/q;+1/p-1. The zero-order chi connectivity index (χ0) is 22.3. The number of hydroxylamine groups is 2. The molecule has 1 aromatic carbocycles. The van der Waals surface area contributed by atoms with Gasteiger partial charge in [0.1, 0.15) is 10.1 Å². The number of hydrogen-bond donors (Lipinski definition) is 3. The quantitative estimate of drug-likeness (QED) is 0.396. The minimum Gasteiger partial charge on any atom is -0.744 e. The topological polar surface area (TPSA) is 143 Å². The zero-order valence-corrected chi connectivity index (χ0v) is 21.6. The summed E-state index contributed by atoms with van der Waals surface area (Å²) in [7, 11) is -4.52. The van der Waals surface area contributed by atoms with Crippen LogP contribution in [0.2, 0.25) is 5.28 Å². The average molecular weight is 479 g/mol. The van der Waals surface area contributed by atoms with Crippen LogP contribution in [0, 0.1) is 0 Å².